The van der Waals surface area contributed by atoms with E-state index in [0.717, 1.165) is 48.9 Å². The lowest BCUT2D eigenvalue weighted by molar-refractivity contribution is 0.202. The van der Waals surface area contributed by atoms with Gasteiger partial charge in [0, 0.05) is 48.2 Å². The summed E-state index contributed by atoms with van der Waals surface area (Å²) in [4.78, 5) is 19.2. The molecular formula is C22H21FN4O2. The van der Waals surface area contributed by atoms with Gasteiger partial charge < -0.3 is 14.0 Å². The van der Waals surface area contributed by atoms with Gasteiger partial charge in [0.05, 0.1) is 5.69 Å². The Labute approximate surface area is 166 Å². The molecule has 5 rings (SSSR count). The highest BCUT2D eigenvalue weighted by atomic mass is 19.1. The maximum absolute atomic E-state index is 13.4. The van der Waals surface area contributed by atoms with Crippen molar-refractivity contribution in [1.29, 1.82) is 0 Å². The summed E-state index contributed by atoms with van der Waals surface area (Å²) in [5.74, 6) is -0.000273. The minimum absolute atomic E-state index is 0.0423. The van der Waals surface area contributed by atoms with Crippen LogP contribution in [-0.4, -0.2) is 39.2 Å². The molecule has 0 amide bonds. The highest BCUT2D eigenvalue weighted by Gasteiger charge is 2.25. The van der Waals surface area contributed by atoms with E-state index in [4.69, 9.17) is 4.52 Å². The first-order valence-corrected chi connectivity index (χ1v) is 9.90. The van der Waals surface area contributed by atoms with Crippen molar-refractivity contribution in [3.63, 3.8) is 0 Å². The maximum atomic E-state index is 13.4. The first kappa shape index (κ1) is 18.0. The molecule has 7 heteroatoms. The molecule has 1 aliphatic rings. The van der Waals surface area contributed by atoms with Crippen molar-refractivity contribution in [2.75, 3.05) is 19.6 Å². The van der Waals surface area contributed by atoms with E-state index in [-0.39, 0.29) is 11.4 Å². The van der Waals surface area contributed by atoms with Gasteiger partial charge in [-0.2, -0.15) is 0 Å². The number of likely N-dealkylation sites (tertiary alicyclic amines) is 1. The molecule has 0 radical (unpaired) electrons. The molecule has 4 heterocycles. The molecule has 148 valence electrons. The largest absolute Gasteiger partial charge is 0.356 e. The molecule has 3 aromatic heterocycles. The number of pyridine rings is 2. The number of hydrogen-bond donors (Lipinski definition) is 0. The molecule has 1 saturated heterocycles. The Morgan fingerprint density at radius 3 is 2.86 bits per heavy atom. The molecule has 0 saturated carbocycles. The molecule has 29 heavy (non-hydrogen) atoms. The van der Waals surface area contributed by atoms with E-state index in [9.17, 15) is 9.18 Å². The Bertz CT molecular complexity index is 1220. The lowest BCUT2D eigenvalue weighted by atomic mass is 9.91. The summed E-state index contributed by atoms with van der Waals surface area (Å²) >= 11 is 0. The second-order valence-electron chi connectivity index (χ2n) is 7.58. The van der Waals surface area contributed by atoms with Crippen molar-refractivity contribution >= 4 is 21.9 Å². The summed E-state index contributed by atoms with van der Waals surface area (Å²) in [6.45, 7) is 3.32. The molecule has 0 unspecified atom stereocenters. The number of hydrogen-bond acceptors (Lipinski definition) is 5. The first-order chi connectivity index (χ1) is 14.2. The van der Waals surface area contributed by atoms with Crippen LogP contribution in [0.2, 0.25) is 0 Å². The smallest absolute Gasteiger partial charge is 0.277 e. The van der Waals surface area contributed by atoms with Crippen LogP contribution in [0, 0.1) is 5.82 Å². The second-order valence-corrected chi connectivity index (χ2v) is 7.58. The third-order valence-electron chi connectivity index (χ3n) is 5.83. The standard InChI is InChI=1S/C22H21FN4O2/c23-17-3-4-18-19(14-17)29-25-20(18)16-5-9-26(10-6-16)12-13-27-11-7-15-2-1-8-24-21(15)22(27)28/h1-4,7-8,11,14,16H,5-6,9-10,12-13H2. The molecule has 0 atom stereocenters. The summed E-state index contributed by atoms with van der Waals surface area (Å²) in [6.07, 6.45) is 5.43. The molecular weight excluding hydrogens is 371 g/mol. The van der Waals surface area contributed by atoms with Gasteiger partial charge in [0.2, 0.25) is 0 Å². The van der Waals surface area contributed by atoms with Crippen molar-refractivity contribution in [3.05, 3.63) is 70.7 Å². The zero-order valence-electron chi connectivity index (χ0n) is 15.9. The molecule has 1 aliphatic heterocycles. The fourth-order valence-corrected chi connectivity index (χ4v) is 4.19. The van der Waals surface area contributed by atoms with Crippen LogP contribution in [0.15, 0.2) is 58.1 Å². The number of nitrogens with zero attached hydrogens (tertiary/aromatic N) is 4. The zero-order valence-corrected chi connectivity index (χ0v) is 15.9. The SMILES string of the molecule is O=c1c2ncccc2ccn1CCN1CCC(c2noc3cc(F)ccc23)CC1. The predicted octanol–water partition coefficient (Wildman–Crippen LogP) is 3.56. The van der Waals surface area contributed by atoms with Gasteiger partial charge in [-0.25, -0.2) is 4.39 Å². The van der Waals surface area contributed by atoms with Crippen LogP contribution < -0.4 is 5.56 Å². The van der Waals surface area contributed by atoms with Crippen molar-refractivity contribution in [2.45, 2.75) is 25.3 Å². The number of fused-ring (bicyclic) bond motifs is 2. The van der Waals surface area contributed by atoms with Gasteiger partial charge in [-0.15, -0.1) is 0 Å². The Kier molecular flexibility index (Phi) is 4.60. The molecule has 0 N–H and O–H groups in total. The Morgan fingerprint density at radius 2 is 2.00 bits per heavy atom. The Hall–Kier alpha value is -3.06. The van der Waals surface area contributed by atoms with Crippen LogP contribution in [0.1, 0.15) is 24.5 Å². The van der Waals surface area contributed by atoms with E-state index in [1.165, 1.54) is 12.1 Å². The van der Waals surface area contributed by atoms with Gasteiger partial charge in [-0.1, -0.05) is 11.2 Å². The van der Waals surface area contributed by atoms with Gasteiger partial charge in [-0.05, 0) is 50.2 Å². The molecule has 4 aromatic rings. The van der Waals surface area contributed by atoms with E-state index in [2.05, 4.69) is 15.0 Å². The molecule has 0 bridgehead atoms. The van der Waals surface area contributed by atoms with Crippen molar-refractivity contribution in [1.82, 2.24) is 19.6 Å². The number of aromatic nitrogens is 3. The number of benzene rings is 1. The third kappa shape index (κ3) is 3.42. The van der Waals surface area contributed by atoms with Crippen LogP contribution in [0.3, 0.4) is 0 Å². The van der Waals surface area contributed by atoms with E-state index < -0.39 is 0 Å². The molecule has 0 aliphatic carbocycles. The van der Waals surface area contributed by atoms with Gasteiger partial charge in [0.15, 0.2) is 5.58 Å². The van der Waals surface area contributed by atoms with E-state index in [1.807, 2.05) is 24.4 Å². The second kappa shape index (κ2) is 7.40. The first-order valence-electron chi connectivity index (χ1n) is 9.90. The van der Waals surface area contributed by atoms with Gasteiger partial charge in [0.1, 0.15) is 11.3 Å². The van der Waals surface area contributed by atoms with Gasteiger partial charge >= 0.3 is 0 Å². The van der Waals surface area contributed by atoms with Gasteiger partial charge in [-0.3, -0.25) is 9.78 Å². The number of rotatable bonds is 4. The minimum atomic E-state index is -0.311. The van der Waals surface area contributed by atoms with Crippen LogP contribution in [-0.2, 0) is 6.54 Å². The van der Waals surface area contributed by atoms with Crippen molar-refractivity contribution < 1.29 is 8.91 Å². The van der Waals surface area contributed by atoms with E-state index in [1.54, 1.807) is 16.8 Å². The summed E-state index contributed by atoms with van der Waals surface area (Å²) < 4.78 is 20.4. The predicted molar refractivity (Wildman–Crippen MR) is 108 cm³/mol. The van der Waals surface area contributed by atoms with Crippen LogP contribution in [0.4, 0.5) is 4.39 Å². The van der Waals surface area contributed by atoms with E-state index >= 15 is 0 Å². The summed E-state index contributed by atoms with van der Waals surface area (Å²) in [6, 6.07) is 10.3. The quantitative estimate of drug-likeness (QED) is 0.531. The Morgan fingerprint density at radius 1 is 1.14 bits per heavy atom. The lowest BCUT2D eigenvalue weighted by Crippen LogP contribution is -2.36. The normalized spacial score (nSPS) is 16.0. The zero-order chi connectivity index (χ0) is 19.8. The average molecular weight is 392 g/mol. The molecule has 1 aromatic carbocycles. The van der Waals surface area contributed by atoms with Crippen molar-refractivity contribution in [3.8, 4) is 0 Å². The highest BCUT2D eigenvalue weighted by Crippen LogP contribution is 2.32. The maximum Gasteiger partial charge on any atom is 0.277 e. The molecule has 1 fully saturated rings. The Balaban J connectivity index is 1.23. The fraction of sp³-hybridized carbons (Fsp3) is 0.318. The minimum Gasteiger partial charge on any atom is -0.356 e. The fourth-order valence-electron chi connectivity index (χ4n) is 4.19. The highest BCUT2D eigenvalue weighted by molar-refractivity contribution is 5.80. The van der Waals surface area contributed by atoms with Crippen LogP contribution >= 0.6 is 0 Å². The summed E-state index contributed by atoms with van der Waals surface area (Å²) in [5, 5.41) is 5.98. The molecule has 0 spiro atoms. The molecule has 6 nitrogen and oxygen atoms in total. The van der Waals surface area contributed by atoms with Crippen LogP contribution in [0.5, 0.6) is 0 Å². The van der Waals surface area contributed by atoms with E-state index in [0.29, 0.717) is 23.6 Å². The summed E-state index contributed by atoms with van der Waals surface area (Å²) in [7, 11) is 0. The number of piperidine rings is 1. The van der Waals surface area contributed by atoms with Gasteiger partial charge in [0.25, 0.3) is 5.56 Å². The third-order valence-corrected chi connectivity index (χ3v) is 5.83. The monoisotopic (exact) mass is 392 g/mol. The average Bonchev–Trinajstić information content (AvgIpc) is 3.17. The number of halogens is 1. The summed E-state index contributed by atoms with van der Waals surface area (Å²) in [5.41, 5.74) is 1.91. The van der Waals surface area contributed by atoms with Crippen LogP contribution in [0.25, 0.3) is 21.9 Å². The lowest BCUT2D eigenvalue weighted by Gasteiger charge is -2.31. The topological polar surface area (TPSA) is 64.2 Å². The van der Waals surface area contributed by atoms with Crippen molar-refractivity contribution in [2.24, 2.45) is 0 Å².